The van der Waals surface area contributed by atoms with Crippen molar-refractivity contribution in [1.29, 1.82) is 0 Å². The smallest absolute Gasteiger partial charge is 0.261 e. The Morgan fingerprint density at radius 3 is 2.46 bits per heavy atom. The molecule has 28 heavy (non-hydrogen) atoms. The lowest BCUT2D eigenvalue weighted by Crippen LogP contribution is -2.26. The SMILES string of the molecule is Cc1cc(C(=O)N(C)Cc2ccco2)ccc1NS(=O)(=O)c1ccc(Cl)cc1. The van der Waals surface area contributed by atoms with Gasteiger partial charge in [0.15, 0.2) is 0 Å². The number of amides is 1. The molecule has 0 saturated carbocycles. The van der Waals surface area contributed by atoms with E-state index in [1.54, 1.807) is 50.6 Å². The van der Waals surface area contributed by atoms with Crippen molar-refractivity contribution in [3.63, 3.8) is 0 Å². The van der Waals surface area contributed by atoms with Crippen molar-refractivity contribution in [2.75, 3.05) is 11.8 Å². The van der Waals surface area contributed by atoms with Crippen molar-refractivity contribution < 1.29 is 17.6 Å². The second-order valence-electron chi connectivity index (χ2n) is 6.33. The zero-order valence-electron chi connectivity index (χ0n) is 15.3. The van der Waals surface area contributed by atoms with E-state index in [0.717, 1.165) is 0 Å². The van der Waals surface area contributed by atoms with Crippen LogP contribution in [0.15, 0.2) is 70.2 Å². The van der Waals surface area contributed by atoms with Crippen molar-refractivity contribution in [1.82, 2.24) is 4.90 Å². The number of halogens is 1. The molecule has 0 saturated heterocycles. The number of hydrogen-bond donors (Lipinski definition) is 1. The summed E-state index contributed by atoms with van der Waals surface area (Å²) in [6.45, 7) is 2.08. The van der Waals surface area contributed by atoms with Crippen molar-refractivity contribution in [3.8, 4) is 0 Å². The monoisotopic (exact) mass is 418 g/mol. The van der Waals surface area contributed by atoms with E-state index < -0.39 is 10.0 Å². The van der Waals surface area contributed by atoms with Crippen molar-refractivity contribution in [2.45, 2.75) is 18.4 Å². The Labute approximate surface area is 168 Å². The van der Waals surface area contributed by atoms with Crippen LogP contribution in [-0.2, 0) is 16.6 Å². The van der Waals surface area contributed by atoms with Crippen LogP contribution in [0.2, 0.25) is 5.02 Å². The molecule has 0 aliphatic carbocycles. The van der Waals surface area contributed by atoms with Crippen LogP contribution < -0.4 is 4.72 Å². The molecule has 8 heteroatoms. The third-order valence-electron chi connectivity index (χ3n) is 4.16. The fraction of sp³-hybridized carbons (Fsp3) is 0.150. The van der Waals surface area contributed by atoms with Gasteiger partial charge in [0.05, 0.1) is 23.4 Å². The van der Waals surface area contributed by atoms with Crippen LogP contribution in [-0.4, -0.2) is 26.3 Å². The largest absolute Gasteiger partial charge is 0.467 e. The third kappa shape index (κ3) is 4.55. The van der Waals surface area contributed by atoms with Gasteiger partial charge in [-0.05, 0) is 67.1 Å². The Kier molecular flexibility index (Phi) is 5.76. The van der Waals surface area contributed by atoms with Crippen LogP contribution in [0.3, 0.4) is 0 Å². The first-order chi connectivity index (χ1) is 13.3. The number of aryl methyl sites for hydroxylation is 1. The second kappa shape index (κ2) is 8.08. The highest BCUT2D eigenvalue weighted by atomic mass is 35.5. The standard InChI is InChI=1S/C20H19ClN2O4S/c1-14-12-15(20(24)23(2)13-17-4-3-11-27-17)5-10-19(14)22-28(25,26)18-8-6-16(21)7-9-18/h3-12,22H,13H2,1-2H3. The second-order valence-corrected chi connectivity index (χ2v) is 8.45. The number of carbonyl (C=O) groups excluding carboxylic acids is 1. The van der Waals surface area contributed by atoms with Gasteiger partial charge < -0.3 is 9.32 Å². The third-order valence-corrected chi connectivity index (χ3v) is 5.79. The number of carbonyl (C=O) groups is 1. The van der Waals surface area contributed by atoms with Crippen LogP contribution in [0, 0.1) is 6.92 Å². The summed E-state index contributed by atoms with van der Waals surface area (Å²) < 4.78 is 32.9. The Morgan fingerprint density at radius 2 is 1.86 bits per heavy atom. The molecule has 0 aliphatic heterocycles. The quantitative estimate of drug-likeness (QED) is 0.646. The summed E-state index contributed by atoms with van der Waals surface area (Å²) in [6.07, 6.45) is 1.55. The summed E-state index contributed by atoms with van der Waals surface area (Å²) in [7, 11) is -2.07. The van der Waals surface area contributed by atoms with Crippen LogP contribution in [0.4, 0.5) is 5.69 Å². The summed E-state index contributed by atoms with van der Waals surface area (Å²) in [5.41, 5.74) is 1.50. The van der Waals surface area contributed by atoms with Gasteiger partial charge in [0.25, 0.3) is 15.9 Å². The van der Waals surface area contributed by atoms with Gasteiger partial charge in [-0.2, -0.15) is 0 Å². The molecule has 0 fully saturated rings. The molecule has 3 rings (SSSR count). The van der Waals surface area contributed by atoms with Crippen LogP contribution in [0.1, 0.15) is 21.7 Å². The van der Waals surface area contributed by atoms with E-state index >= 15 is 0 Å². The van der Waals surface area contributed by atoms with Crippen molar-refractivity contribution >= 4 is 33.2 Å². The fourth-order valence-corrected chi connectivity index (χ4v) is 3.91. The highest BCUT2D eigenvalue weighted by Crippen LogP contribution is 2.22. The lowest BCUT2D eigenvalue weighted by atomic mass is 10.1. The minimum Gasteiger partial charge on any atom is -0.467 e. The van der Waals surface area contributed by atoms with Gasteiger partial charge in [-0.1, -0.05) is 11.6 Å². The maximum absolute atomic E-state index is 12.6. The first kappa shape index (κ1) is 20.0. The molecular formula is C20H19ClN2O4S. The minimum absolute atomic E-state index is 0.106. The topological polar surface area (TPSA) is 79.6 Å². The summed E-state index contributed by atoms with van der Waals surface area (Å²) in [5, 5.41) is 0.455. The Hall–Kier alpha value is -2.77. The molecular weight excluding hydrogens is 400 g/mol. The highest BCUT2D eigenvalue weighted by Gasteiger charge is 2.18. The molecule has 0 aliphatic rings. The van der Waals surface area contributed by atoms with Crippen LogP contribution >= 0.6 is 11.6 Å². The Bertz CT molecular complexity index is 1080. The van der Waals surface area contributed by atoms with E-state index in [9.17, 15) is 13.2 Å². The van der Waals surface area contributed by atoms with Gasteiger partial charge in [-0.15, -0.1) is 0 Å². The maximum Gasteiger partial charge on any atom is 0.261 e. The molecule has 0 atom stereocenters. The van der Waals surface area contributed by atoms with Crippen molar-refractivity contribution in [3.05, 3.63) is 82.8 Å². The summed E-state index contributed by atoms with van der Waals surface area (Å²) in [6, 6.07) is 14.3. The zero-order valence-corrected chi connectivity index (χ0v) is 16.9. The molecule has 6 nitrogen and oxygen atoms in total. The van der Waals surface area contributed by atoms with Crippen LogP contribution in [0.5, 0.6) is 0 Å². The fourth-order valence-electron chi connectivity index (χ4n) is 2.66. The molecule has 0 bridgehead atoms. The molecule has 146 valence electrons. The summed E-state index contributed by atoms with van der Waals surface area (Å²) in [5.74, 6) is 0.492. The van der Waals surface area contributed by atoms with E-state index in [1.165, 1.54) is 29.2 Å². The van der Waals surface area contributed by atoms with Gasteiger partial charge in [-0.25, -0.2) is 8.42 Å². The molecule has 0 unspecified atom stereocenters. The lowest BCUT2D eigenvalue weighted by Gasteiger charge is -2.17. The first-order valence-electron chi connectivity index (χ1n) is 8.43. The molecule has 1 amide bonds. The molecule has 1 heterocycles. The average molecular weight is 419 g/mol. The molecule has 0 spiro atoms. The zero-order chi connectivity index (χ0) is 20.3. The highest BCUT2D eigenvalue weighted by molar-refractivity contribution is 7.92. The minimum atomic E-state index is -3.75. The molecule has 3 aromatic rings. The molecule has 1 N–H and O–H groups in total. The molecule has 1 aromatic heterocycles. The van der Waals surface area contributed by atoms with Gasteiger partial charge in [0.2, 0.25) is 0 Å². The number of hydrogen-bond acceptors (Lipinski definition) is 4. The number of nitrogens with one attached hydrogen (secondary N) is 1. The van der Waals surface area contributed by atoms with E-state index in [4.69, 9.17) is 16.0 Å². The van der Waals surface area contributed by atoms with Gasteiger partial charge in [0.1, 0.15) is 5.76 Å². The first-order valence-corrected chi connectivity index (χ1v) is 10.3. The number of nitrogens with zero attached hydrogens (tertiary/aromatic N) is 1. The lowest BCUT2D eigenvalue weighted by molar-refractivity contribution is 0.0775. The average Bonchev–Trinajstić information content (AvgIpc) is 3.16. The number of rotatable bonds is 6. The van der Waals surface area contributed by atoms with E-state index in [1.807, 2.05) is 0 Å². The van der Waals surface area contributed by atoms with E-state index in [2.05, 4.69) is 4.72 Å². The molecule has 0 radical (unpaired) electrons. The molecule has 2 aromatic carbocycles. The number of anilines is 1. The van der Waals surface area contributed by atoms with Crippen molar-refractivity contribution in [2.24, 2.45) is 0 Å². The van der Waals surface area contributed by atoms with Gasteiger partial charge in [-0.3, -0.25) is 9.52 Å². The number of sulfonamides is 1. The van der Waals surface area contributed by atoms with E-state index in [-0.39, 0.29) is 10.8 Å². The Morgan fingerprint density at radius 1 is 1.14 bits per heavy atom. The predicted octanol–water partition coefficient (Wildman–Crippen LogP) is 4.31. The van der Waals surface area contributed by atoms with Crippen LogP contribution in [0.25, 0.3) is 0 Å². The summed E-state index contributed by atoms with van der Waals surface area (Å²) in [4.78, 5) is 14.2. The van der Waals surface area contributed by atoms with E-state index in [0.29, 0.717) is 34.1 Å². The Balaban J connectivity index is 1.76. The number of furan rings is 1. The van der Waals surface area contributed by atoms with Gasteiger partial charge in [0, 0.05) is 17.6 Å². The summed E-state index contributed by atoms with van der Waals surface area (Å²) >= 11 is 5.81. The predicted molar refractivity (Wildman–Crippen MR) is 108 cm³/mol. The maximum atomic E-state index is 12.6. The normalized spacial score (nSPS) is 11.2. The van der Waals surface area contributed by atoms with Gasteiger partial charge >= 0.3 is 0 Å². The number of benzene rings is 2.